The van der Waals surface area contributed by atoms with Crippen molar-refractivity contribution in [2.24, 2.45) is 10.7 Å². The Kier molecular flexibility index (Phi) is 7.65. The van der Waals surface area contributed by atoms with Gasteiger partial charge in [0.1, 0.15) is 11.6 Å². The minimum Gasteiger partial charge on any atom is -0.497 e. The summed E-state index contributed by atoms with van der Waals surface area (Å²) in [5.74, 6) is 0.901. The zero-order valence-corrected chi connectivity index (χ0v) is 14.6. The second kappa shape index (κ2) is 9.24. The molecule has 22 heavy (non-hydrogen) atoms. The smallest absolute Gasteiger partial charge is 0.193 e. The van der Waals surface area contributed by atoms with Gasteiger partial charge in [0, 0.05) is 12.2 Å². The molecule has 4 nitrogen and oxygen atoms in total. The molecule has 6 heteroatoms. The number of nitrogens with zero attached hydrogens (tertiary/aromatic N) is 1. The molecule has 0 aliphatic heterocycles. The van der Waals surface area contributed by atoms with E-state index in [0.29, 0.717) is 18.9 Å². The molecule has 0 atom stereocenters. The number of methoxy groups -OCH3 is 1. The highest BCUT2D eigenvalue weighted by Gasteiger charge is 1.97. The molecule has 0 aliphatic rings. The first-order valence-electron chi connectivity index (χ1n) is 6.63. The molecule has 0 aliphatic carbocycles. The van der Waals surface area contributed by atoms with Gasteiger partial charge in [0.05, 0.1) is 7.11 Å². The van der Waals surface area contributed by atoms with E-state index in [0.717, 1.165) is 17.0 Å². The normalized spacial score (nSPS) is 10.7. The van der Waals surface area contributed by atoms with Gasteiger partial charge >= 0.3 is 0 Å². The van der Waals surface area contributed by atoms with Crippen LogP contribution in [0.1, 0.15) is 5.56 Å². The lowest BCUT2D eigenvalue weighted by molar-refractivity contribution is 0.415. The third-order valence-electron chi connectivity index (χ3n) is 2.96. The van der Waals surface area contributed by atoms with Gasteiger partial charge in [-0.05, 0) is 48.4 Å². The highest BCUT2D eigenvalue weighted by molar-refractivity contribution is 14.0. The van der Waals surface area contributed by atoms with Gasteiger partial charge in [-0.15, -0.1) is 24.0 Å². The van der Waals surface area contributed by atoms with E-state index >= 15 is 0 Å². The Morgan fingerprint density at radius 2 is 1.77 bits per heavy atom. The predicted molar refractivity (Wildman–Crippen MR) is 98.6 cm³/mol. The molecule has 0 amide bonds. The van der Waals surface area contributed by atoms with Gasteiger partial charge in [0.2, 0.25) is 0 Å². The van der Waals surface area contributed by atoms with Crippen molar-refractivity contribution in [2.75, 3.05) is 19.0 Å². The lowest BCUT2D eigenvalue weighted by Crippen LogP contribution is -2.23. The molecule has 0 fully saturated rings. The van der Waals surface area contributed by atoms with Gasteiger partial charge < -0.3 is 15.8 Å². The first kappa shape index (κ1) is 18.2. The van der Waals surface area contributed by atoms with Crippen LogP contribution in [0.15, 0.2) is 53.5 Å². The van der Waals surface area contributed by atoms with E-state index in [-0.39, 0.29) is 29.8 Å². The summed E-state index contributed by atoms with van der Waals surface area (Å²) in [6, 6.07) is 13.8. The third kappa shape index (κ3) is 5.88. The number of guanidine groups is 1. The number of nitrogens with one attached hydrogen (secondary N) is 1. The Labute approximate surface area is 146 Å². The summed E-state index contributed by atoms with van der Waals surface area (Å²) < 4.78 is 17.8. The zero-order valence-electron chi connectivity index (χ0n) is 12.3. The molecule has 2 rings (SSSR count). The van der Waals surface area contributed by atoms with Gasteiger partial charge in [0.25, 0.3) is 0 Å². The Balaban J connectivity index is 0.00000242. The number of ether oxygens (including phenoxy) is 1. The third-order valence-corrected chi connectivity index (χ3v) is 2.96. The number of anilines is 1. The number of aliphatic imine (C=N–C) groups is 1. The van der Waals surface area contributed by atoms with Crippen molar-refractivity contribution in [3.05, 3.63) is 59.9 Å². The number of rotatable bonds is 5. The Bertz CT molecular complexity index is 600. The number of nitrogens with two attached hydrogens (primary N) is 1. The first-order valence-corrected chi connectivity index (χ1v) is 6.63. The summed E-state index contributed by atoms with van der Waals surface area (Å²) in [6.45, 7) is 0.542. The number of hydrogen-bond acceptors (Lipinski definition) is 2. The van der Waals surface area contributed by atoms with E-state index in [1.54, 1.807) is 19.2 Å². The Morgan fingerprint density at radius 1 is 1.14 bits per heavy atom. The lowest BCUT2D eigenvalue weighted by Gasteiger charge is -2.06. The van der Waals surface area contributed by atoms with Crippen molar-refractivity contribution in [3.8, 4) is 5.75 Å². The van der Waals surface area contributed by atoms with E-state index in [1.807, 2.05) is 24.3 Å². The van der Waals surface area contributed by atoms with E-state index < -0.39 is 0 Å². The molecular weight excluding hydrogens is 396 g/mol. The minimum absolute atomic E-state index is 0. The highest BCUT2D eigenvalue weighted by Crippen LogP contribution is 2.14. The van der Waals surface area contributed by atoms with Gasteiger partial charge in [0.15, 0.2) is 5.96 Å². The number of benzene rings is 2. The summed E-state index contributed by atoms with van der Waals surface area (Å²) >= 11 is 0. The SMILES string of the molecule is COc1ccc(NC(N)=NCCc2ccc(F)cc2)cc1.I. The summed E-state index contributed by atoms with van der Waals surface area (Å²) in [5, 5.41) is 3.00. The van der Waals surface area contributed by atoms with Gasteiger partial charge in [-0.3, -0.25) is 4.99 Å². The van der Waals surface area contributed by atoms with Gasteiger partial charge in [-0.1, -0.05) is 12.1 Å². The van der Waals surface area contributed by atoms with Crippen LogP contribution >= 0.6 is 24.0 Å². The summed E-state index contributed by atoms with van der Waals surface area (Å²) in [4.78, 5) is 4.24. The average molecular weight is 415 g/mol. The molecule has 0 heterocycles. The molecular formula is C16H19FIN3O. The van der Waals surface area contributed by atoms with Crippen LogP contribution in [0.3, 0.4) is 0 Å². The van der Waals surface area contributed by atoms with E-state index in [2.05, 4.69) is 10.3 Å². The Morgan fingerprint density at radius 3 is 2.36 bits per heavy atom. The first-order chi connectivity index (χ1) is 10.2. The monoisotopic (exact) mass is 415 g/mol. The molecule has 0 aromatic heterocycles. The van der Waals surface area contributed by atoms with Crippen LogP contribution in [0.25, 0.3) is 0 Å². The molecule has 0 unspecified atom stereocenters. The molecule has 0 spiro atoms. The topological polar surface area (TPSA) is 59.6 Å². The Hall–Kier alpha value is -1.83. The van der Waals surface area contributed by atoms with Crippen molar-refractivity contribution in [2.45, 2.75) is 6.42 Å². The molecule has 2 aromatic rings. The van der Waals surface area contributed by atoms with Crippen LogP contribution < -0.4 is 15.8 Å². The number of hydrogen-bond donors (Lipinski definition) is 2. The fourth-order valence-electron chi connectivity index (χ4n) is 1.82. The summed E-state index contributed by atoms with van der Waals surface area (Å²) in [7, 11) is 1.62. The predicted octanol–water partition coefficient (Wildman–Crippen LogP) is 3.42. The zero-order chi connectivity index (χ0) is 15.1. The van der Waals surface area contributed by atoms with Gasteiger partial charge in [-0.25, -0.2) is 4.39 Å². The summed E-state index contributed by atoms with van der Waals surface area (Å²) in [6.07, 6.45) is 0.714. The molecule has 3 N–H and O–H groups in total. The summed E-state index contributed by atoms with van der Waals surface area (Å²) in [5.41, 5.74) is 7.68. The largest absolute Gasteiger partial charge is 0.497 e. The van der Waals surface area contributed by atoms with Crippen LogP contribution in [0.4, 0.5) is 10.1 Å². The van der Waals surface area contributed by atoms with Crippen molar-refractivity contribution in [1.29, 1.82) is 0 Å². The van der Waals surface area contributed by atoms with E-state index in [1.165, 1.54) is 12.1 Å². The lowest BCUT2D eigenvalue weighted by atomic mass is 10.1. The fraction of sp³-hybridized carbons (Fsp3) is 0.188. The quantitative estimate of drug-likeness (QED) is 0.447. The van der Waals surface area contributed by atoms with Crippen LogP contribution in [0, 0.1) is 5.82 Å². The van der Waals surface area contributed by atoms with E-state index in [4.69, 9.17) is 10.5 Å². The molecule has 0 bridgehead atoms. The van der Waals surface area contributed by atoms with Crippen LogP contribution in [0.2, 0.25) is 0 Å². The maximum absolute atomic E-state index is 12.8. The minimum atomic E-state index is -0.233. The maximum atomic E-state index is 12.8. The van der Waals surface area contributed by atoms with Crippen LogP contribution in [0.5, 0.6) is 5.75 Å². The number of halogens is 2. The van der Waals surface area contributed by atoms with Crippen molar-refractivity contribution in [1.82, 2.24) is 0 Å². The van der Waals surface area contributed by atoms with Crippen LogP contribution in [-0.2, 0) is 6.42 Å². The highest BCUT2D eigenvalue weighted by atomic mass is 127. The molecule has 0 radical (unpaired) electrons. The second-order valence-electron chi connectivity index (χ2n) is 4.50. The maximum Gasteiger partial charge on any atom is 0.193 e. The average Bonchev–Trinajstić information content (AvgIpc) is 2.50. The molecule has 0 saturated carbocycles. The standard InChI is InChI=1S/C16H18FN3O.HI/c1-21-15-8-6-14(7-9-15)20-16(18)19-11-10-12-2-4-13(17)5-3-12;/h2-9H,10-11H2,1H3,(H3,18,19,20);1H. The van der Waals surface area contributed by atoms with Crippen molar-refractivity contribution >= 4 is 35.6 Å². The van der Waals surface area contributed by atoms with E-state index in [9.17, 15) is 4.39 Å². The van der Waals surface area contributed by atoms with Gasteiger partial charge in [-0.2, -0.15) is 0 Å². The second-order valence-corrected chi connectivity index (χ2v) is 4.50. The fourth-order valence-corrected chi connectivity index (χ4v) is 1.82. The van der Waals surface area contributed by atoms with Crippen molar-refractivity contribution in [3.63, 3.8) is 0 Å². The van der Waals surface area contributed by atoms with Crippen LogP contribution in [-0.4, -0.2) is 19.6 Å². The molecule has 118 valence electrons. The van der Waals surface area contributed by atoms with Crippen molar-refractivity contribution < 1.29 is 9.13 Å². The molecule has 0 saturated heterocycles. The molecule has 2 aromatic carbocycles.